The first-order valence-electron chi connectivity index (χ1n) is 10.5. The molecule has 3 amide bonds. The predicted molar refractivity (Wildman–Crippen MR) is 114 cm³/mol. The van der Waals surface area contributed by atoms with Crippen LogP contribution in [0.4, 0.5) is 10.5 Å². The Balaban J connectivity index is 1.72. The fraction of sp³-hybridized carbons (Fsp3) is 0.455. The summed E-state index contributed by atoms with van der Waals surface area (Å²) in [6, 6.07) is 6.02. The van der Waals surface area contributed by atoms with Crippen molar-refractivity contribution >= 4 is 29.6 Å². The SMILES string of the molecule is CCOC(=O)C1=C(COC(=O)[C@H]2CC(=O)N(c3ccccc3OC)C2)NC(=O)N[C@H]1CC. The summed E-state index contributed by atoms with van der Waals surface area (Å²) in [7, 11) is 1.51. The summed E-state index contributed by atoms with van der Waals surface area (Å²) >= 11 is 0. The van der Waals surface area contributed by atoms with Gasteiger partial charge in [-0.05, 0) is 25.5 Å². The minimum Gasteiger partial charge on any atom is -0.495 e. The van der Waals surface area contributed by atoms with Gasteiger partial charge in [0.1, 0.15) is 12.4 Å². The maximum atomic E-state index is 12.7. The van der Waals surface area contributed by atoms with E-state index in [0.29, 0.717) is 17.9 Å². The fourth-order valence-corrected chi connectivity index (χ4v) is 3.79. The molecule has 0 aromatic heterocycles. The van der Waals surface area contributed by atoms with Gasteiger partial charge in [-0.3, -0.25) is 9.59 Å². The van der Waals surface area contributed by atoms with E-state index in [1.165, 1.54) is 12.0 Å². The van der Waals surface area contributed by atoms with Gasteiger partial charge in [-0.15, -0.1) is 0 Å². The summed E-state index contributed by atoms with van der Waals surface area (Å²) < 4.78 is 15.8. The summed E-state index contributed by atoms with van der Waals surface area (Å²) in [4.78, 5) is 51.1. The first-order valence-corrected chi connectivity index (χ1v) is 10.5. The molecule has 0 radical (unpaired) electrons. The van der Waals surface area contributed by atoms with Crippen molar-refractivity contribution in [2.24, 2.45) is 5.92 Å². The minimum absolute atomic E-state index is 0.00778. The Bertz CT molecular complexity index is 943. The average Bonchev–Trinajstić information content (AvgIpc) is 3.18. The summed E-state index contributed by atoms with van der Waals surface area (Å²) in [6.07, 6.45) is 0.455. The molecule has 1 aromatic rings. The van der Waals surface area contributed by atoms with Crippen molar-refractivity contribution in [3.05, 3.63) is 35.5 Å². The number of hydrogen-bond acceptors (Lipinski definition) is 7. The number of ether oxygens (including phenoxy) is 3. The second kappa shape index (κ2) is 10.2. The van der Waals surface area contributed by atoms with Gasteiger partial charge in [0, 0.05) is 13.0 Å². The Morgan fingerprint density at radius 2 is 1.91 bits per heavy atom. The molecule has 10 nitrogen and oxygen atoms in total. The number of carbonyl (C=O) groups excluding carboxylic acids is 4. The zero-order chi connectivity index (χ0) is 23.3. The van der Waals surface area contributed by atoms with E-state index in [9.17, 15) is 19.2 Å². The van der Waals surface area contributed by atoms with Crippen LogP contribution >= 0.6 is 0 Å². The number of benzene rings is 1. The molecular weight excluding hydrogens is 418 g/mol. The Hall–Kier alpha value is -3.56. The molecule has 2 aliphatic heterocycles. The number of para-hydroxylation sites is 2. The molecule has 2 N–H and O–H groups in total. The molecule has 0 spiro atoms. The quantitative estimate of drug-likeness (QED) is 0.581. The van der Waals surface area contributed by atoms with Crippen LogP contribution in [0, 0.1) is 5.92 Å². The molecule has 2 aliphatic rings. The molecule has 3 rings (SSSR count). The highest BCUT2D eigenvalue weighted by Crippen LogP contribution is 2.33. The zero-order valence-electron chi connectivity index (χ0n) is 18.3. The normalized spacial score (nSPS) is 20.5. The van der Waals surface area contributed by atoms with Crippen molar-refractivity contribution in [3.8, 4) is 5.75 Å². The van der Waals surface area contributed by atoms with Crippen LogP contribution in [-0.4, -0.2) is 56.8 Å². The van der Waals surface area contributed by atoms with E-state index < -0.39 is 29.9 Å². The first kappa shape index (κ1) is 23.1. The van der Waals surface area contributed by atoms with Crippen molar-refractivity contribution in [1.29, 1.82) is 0 Å². The van der Waals surface area contributed by atoms with Gasteiger partial charge in [-0.2, -0.15) is 0 Å². The number of rotatable bonds is 8. The van der Waals surface area contributed by atoms with Gasteiger partial charge in [0.25, 0.3) is 0 Å². The lowest BCUT2D eigenvalue weighted by Gasteiger charge is -2.28. The van der Waals surface area contributed by atoms with E-state index >= 15 is 0 Å². The number of methoxy groups -OCH3 is 1. The monoisotopic (exact) mass is 445 g/mol. The molecule has 2 atom stereocenters. The van der Waals surface area contributed by atoms with Crippen LogP contribution < -0.4 is 20.3 Å². The van der Waals surface area contributed by atoms with E-state index in [4.69, 9.17) is 14.2 Å². The first-order chi connectivity index (χ1) is 15.4. The Labute approximate surface area is 185 Å². The lowest BCUT2D eigenvalue weighted by molar-refractivity contribution is -0.147. The van der Waals surface area contributed by atoms with Crippen LogP contribution in [0.1, 0.15) is 26.7 Å². The molecule has 10 heteroatoms. The standard InChI is InChI=1S/C22H27N3O7/c1-4-14-19(21(28)31-5-2)15(24-22(29)23-14)12-32-20(27)13-10-18(26)25(11-13)16-8-6-7-9-17(16)30-3/h6-9,13-14H,4-5,10-12H2,1-3H3,(H2,23,24,29)/t13-,14-/m0/s1. The highest BCUT2D eigenvalue weighted by molar-refractivity contribution is 6.00. The van der Waals surface area contributed by atoms with Crippen LogP contribution in [0.2, 0.25) is 0 Å². The number of nitrogens with zero attached hydrogens (tertiary/aromatic N) is 1. The van der Waals surface area contributed by atoms with Gasteiger partial charge in [-0.25, -0.2) is 9.59 Å². The molecular formula is C22H27N3O7. The van der Waals surface area contributed by atoms with E-state index in [-0.39, 0.29) is 43.4 Å². The van der Waals surface area contributed by atoms with Gasteiger partial charge >= 0.3 is 18.0 Å². The number of hydrogen-bond donors (Lipinski definition) is 2. The van der Waals surface area contributed by atoms with Crippen molar-refractivity contribution in [3.63, 3.8) is 0 Å². The smallest absolute Gasteiger partial charge is 0.338 e. The molecule has 0 unspecified atom stereocenters. The molecule has 32 heavy (non-hydrogen) atoms. The second-order valence-electron chi connectivity index (χ2n) is 7.36. The van der Waals surface area contributed by atoms with Crippen molar-refractivity contribution < 1.29 is 33.4 Å². The van der Waals surface area contributed by atoms with Gasteiger partial charge in [-0.1, -0.05) is 19.1 Å². The number of nitrogens with one attached hydrogen (secondary N) is 2. The number of urea groups is 1. The van der Waals surface area contributed by atoms with Crippen LogP contribution in [0.3, 0.4) is 0 Å². The minimum atomic E-state index is -0.682. The number of anilines is 1. The largest absolute Gasteiger partial charge is 0.495 e. The molecule has 0 bridgehead atoms. The summed E-state index contributed by atoms with van der Waals surface area (Å²) in [5.74, 6) is -1.55. The fourth-order valence-electron chi connectivity index (χ4n) is 3.79. The van der Waals surface area contributed by atoms with Crippen LogP contribution in [-0.2, 0) is 23.9 Å². The molecule has 1 fully saturated rings. The van der Waals surface area contributed by atoms with E-state index in [0.717, 1.165) is 0 Å². The van der Waals surface area contributed by atoms with Gasteiger partial charge in [0.05, 0.1) is 42.6 Å². The van der Waals surface area contributed by atoms with Gasteiger partial charge < -0.3 is 29.7 Å². The molecule has 2 heterocycles. The summed E-state index contributed by atoms with van der Waals surface area (Å²) in [5.41, 5.74) is 0.984. The third-order valence-electron chi connectivity index (χ3n) is 5.34. The average molecular weight is 445 g/mol. The lowest BCUT2D eigenvalue weighted by atomic mass is 10.0. The third kappa shape index (κ3) is 4.84. The van der Waals surface area contributed by atoms with Crippen LogP contribution in [0.15, 0.2) is 35.5 Å². The van der Waals surface area contributed by atoms with Crippen molar-refractivity contribution in [2.45, 2.75) is 32.7 Å². The maximum absolute atomic E-state index is 12.7. The second-order valence-corrected chi connectivity index (χ2v) is 7.36. The lowest BCUT2D eigenvalue weighted by Crippen LogP contribution is -2.51. The highest BCUT2D eigenvalue weighted by atomic mass is 16.5. The van der Waals surface area contributed by atoms with Crippen molar-refractivity contribution in [1.82, 2.24) is 10.6 Å². The number of amides is 3. The molecule has 0 saturated carbocycles. The molecule has 1 saturated heterocycles. The molecule has 172 valence electrons. The Morgan fingerprint density at radius 1 is 1.16 bits per heavy atom. The summed E-state index contributed by atoms with van der Waals surface area (Å²) in [5, 5.41) is 5.19. The maximum Gasteiger partial charge on any atom is 0.338 e. The number of esters is 2. The zero-order valence-corrected chi connectivity index (χ0v) is 18.3. The molecule has 0 aliphatic carbocycles. The van der Waals surface area contributed by atoms with Crippen molar-refractivity contribution in [2.75, 3.05) is 31.8 Å². The molecule has 1 aromatic carbocycles. The number of carbonyl (C=O) groups is 4. The van der Waals surface area contributed by atoms with Crippen LogP contribution in [0.25, 0.3) is 0 Å². The van der Waals surface area contributed by atoms with E-state index in [1.807, 2.05) is 6.92 Å². The topological polar surface area (TPSA) is 123 Å². The van der Waals surface area contributed by atoms with E-state index in [1.54, 1.807) is 31.2 Å². The third-order valence-corrected chi connectivity index (χ3v) is 5.34. The van der Waals surface area contributed by atoms with Gasteiger partial charge in [0.2, 0.25) is 5.91 Å². The highest BCUT2D eigenvalue weighted by Gasteiger charge is 2.38. The van der Waals surface area contributed by atoms with E-state index in [2.05, 4.69) is 10.6 Å². The Kier molecular flexibility index (Phi) is 7.34. The van der Waals surface area contributed by atoms with Gasteiger partial charge in [0.15, 0.2) is 0 Å². The summed E-state index contributed by atoms with van der Waals surface area (Å²) in [6.45, 7) is 3.50. The predicted octanol–water partition coefficient (Wildman–Crippen LogP) is 1.50. The van der Waals surface area contributed by atoms with Crippen LogP contribution in [0.5, 0.6) is 5.75 Å². The Morgan fingerprint density at radius 3 is 2.59 bits per heavy atom.